The van der Waals surface area contributed by atoms with Gasteiger partial charge >= 0.3 is 5.97 Å². The number of carboxylic acids is 1. The predicted octanol–water partition coefficient (Wildman–Crippen LogP) is 0.647. The highest BCUT2D eigenvalue weighted by atomic mass is 32.2. The third-order valence-corrected chi connectivity index (χ3v) is 5.16. The summed E-state index contributed by atoms with van der Waals surface area (Å²) in [5.41, 5.74) is -0.380. The first-order valence-corrected chi connectivity index (χ1v) is 8.36. The molecule has 1 fully saturated rings. The minimum atomic E-state index is -3.76. The molecule has 1 heterocycles. The molecule has 0 aliphatic heterocycles. The summed E-state index contributed by atoms with van der Waals surface area (Å²) in [6.07, 6.45) is 3.63. The first kappa shape index (κ1) is 16.0. The van der Waals surface area contributed by atoms with E-state index in [0.717, 1.165) is 12.8 Å². The van der Waals surface area contributed by atoms with Gasteiger partial charge < -0.3 is 14.8 Å². The molecule has 0 radical (unpaired) electrons. The Bertz CT molecular complexity index is 631. The van der Waals surface area contributed by atoms with Crippen molar-refractivity contribution in [3.05, 3.63) is 18.0 Å². The van der Waals surface area contributed by atoms with Gasteiger partial charge in [0.25, 0.3) is 0 Å². The Labute approximate surface area is 123 Å². The van der Waals surface area contributed by atoms with Crippen molar-refractivity contribution in [2.45, 2.75) is 37.6 Å². The lowest BCUT2D eigenvalue weighted by Gasteiger charge is -2.12. The number of sulfonamides is 1. The van der Waals surface area contributed by atoms with Crippen molar-refractivity contribution < 1.29 is 23.4 Å². The van der Waals surface area contributed by atoms with Gasteiger partial charge in [0, 0.05) is 31.3 Å². The van der Waals surface area contributed by atoms with Gasteiger partial charge in [0.15, 0.2) is 0 Å². The first-order valence-electron chi connectivity index (χ1n) is 6.87. The smallest absolute Gasteiger partial charge is 0.352 e. The van der Waals surface area contributed by atoms with Crippen LogP contribution in [0.2, 0.25) is 0 Å². The highest BCUT2D eigenvalue weighted by molar-refractivity contribution is 7.89. The Kier molecular flexibility index (Phi) is 4.40. The number of carboxylic acid groups (broad SMARTS) is 1. The van der Waals surface area contributed by atoms with E-state index < -0.39 is 16.0 Å². The molecule has 118 valence electrons. The van der Waals surface area contributed by atoms with Crippen LogP contribution in [0.5, 0.6) is 0 Å². The molecule has 1 aromatic rings. The van der Waals surface area contributed by atoms with Crippen molar-refractivity contribution >= 4 is 16.0 Å². The molecule has 1 aromatic heterocycles. The standard InChI is InChI=1S/C13H20N2O5S/c1-2-5-15-7-10(6-11(15)12(17)18)21(19,20)14-8-13(9-16)3-4-13/h6-7,14,16H,2-5,8-9H2,1H3,(H,17,18). The fourth-order valence-electron chi connectivity index (χ4n) is 2.13. The largest absolute Gasteiger partial charge is 0.477 e. The number of nitrogens with one attached hydrogen (secondary N) is 1. The van der Waals surface area contributed by atoms with E-state index in [2.05, 4.69) is 4.72 Å². The number of aromatic carboxylic acids is 1. The van der Waals surface area contributed by atoms with Gasteiger partial charge in [0.1, 0.15) is 10.6 Å². The quantitative estimate of drug-likeness (QED) is 0.652. The molecule has 0 atom stereocenters. The van der Waals surface area contributed by atoms with Crippen molar-refractivity contribution in [2.24, 2.45) is 5.41 Å². The van der Waals surface area contributed by atoms with E-state index in [9.17, 15) is 18.3 Å². The minimum absolute atomic E-state index is 0.0412. The van der Waals surface area contributed by atoms with Gasteiger partial charge in [0.2, 0.25) is 10.0 Å². The SMILES string of the molecule is CCCn1cc(S(=O)(=O)NCC2(CO)CC2)cc1C(=O)O. The van der Waals surface area contributed by atoms with Crippen LogP contribution in [0.1, 0.15) is 36.7 Å². The van der Waals surface area contributed by atoms with Gasteiger partial charge in [-0.05, 0) is 25.3 Å². The van der Waals surface area contributed by atoms with E-state index in [1.807, 2.05) is 6.92 Å². The maximum Gasteiger partial charge on any atom is 0.352 e. The second-order valence-corrected chi connectivity index (χ2v) is 7.31. The second kappa shape index (κ2) is 5.78. The number of aliphatic hydroxyl groups excluding tert-OH is 1. The van der Waals surface area contributed by atoms with Crippen LogP contribution in [0.15, 0.2) is 17.2 Å². The summed E-state index contributed by atoms with van der Waals surface area (Å²) < 4.78 is 28.3. The number of hydrogen-bond acceptors (Lipinski definition) is 4. The third kappa shape index (κ3) is 3.45. The fourth-order valence-corrected chi connectivity index (χ4v) is 3.33. The van der Waals surface area contributed by atoms with Gasteiger partial charge in [-0.1, -0.05) is 6.92 Å². The van der Waals surface area contributed by atoms with E-state index in [1.54, 1.807) is 0 Å². The molecule has 7 nitrogen and oxygen atoms in total. The zero-order valence-electron chi connectivity index (χ0n) is 11.9. The van der Waals surface area contributed by atoms with E-state index in [-0.39, 0.29) is 29.2 Å². The Hall–Kier alpha value is -1.38. The van der Waals surface area contributed by atoms with Gasteiger partial charge in [-0.15, -0.1) is 0 Å². The van der Waals surface area contributed by atoms with Gasteiger partial charge in [-0.2, -0.15) is 0 Å². The lowest BCUT2D eigenvalue weighted by atomic mass is 10.1. The first-order chi connectivity index (χ1) is 9.83. The van der Waals surface area contributed by atoms with Crippen molar-refractivity contribution in [3.8, 4) is 0 Å². The average molecular weight is 316 g/mol. The molecule has 21 heavy (non-hydrogen) atoms. The zero-order chi connectivity index (χ0) is 15.7. The van der Waals surface area contributed by atoms with E-state index >= 15 is 0 Å². The van der Waals surface area contributed by atoms with E-state index in [1.165, 1.54) is 16.8 Å². The number of carbonyl (C=O) groups is 1. The van der Waals surface area contributed by atoms with Gasteiger partial charge in [-0.3, -0.25) is 0 Å². The monoisotopic (exact) mass is 316 g/mol. The molecule has 2 rings (SSSR count). The van der Waals surface area contributed by atoms with Crippen molar-refractivity contribution in [1.29, 1.82) is 0 Å². The maximum atomic E-state index is 12.2. The highest BCUT2D eigenvalue weighted by Gasteiger charge is 2.42. The van der Waals surface area contributed by atoms with Crippen molar-refractivity contribution in [1.82, 2.24) is 9.29 Å². The van der Waals surface area contributed by atoms with Crippen molar-refractivity contribution in [2.75, 3.05) is 13.2 Å². The molecule has 1 aliphatic rings. The maximum absolute atomic E-state index is 12.2. The van der Waals surface area contributed by atoms with Crippen LogP contribution in [0.4, 0.5) is 0 Å². The topological polar surface area (TPSA) is 109 Å². The predicted molar refractivity (Wildman–Crippen MR) is 75.6 cm³/mol. The normalized spacial score (nSPS) is 16.9. The summed E-state index contributed by atoms with van der Waals surface area (Å²) in [5.74, 6) is -1.15. The molecule has 8 heteroatoms. The van der Waals surface area contributed by atoms with Gasteiger partial charge in [-0.25, -0.2) is 17.9 Å². The summed E-state index contributed by atoms with van der Waals surface area (Å²) >= 11 is 0. The fraction of sp³-hybridized carbons (Fsp3) is 0.615. The minimum Gasteiger partial charge on any atom is -0.477 e. The molecule has 0 saturated heterocycles. The van der Waals surface area contributed by atoms with Crippen LogP contribution in [-0.4, -0.2) is 42.3 Å². The molecule has 1 aliphatic carbocycles. The Balaban J connectivity index is 2.19. The molecular formula is C13H20N2O5S. The van der Waals surface area contributed by atoms with E-state index in [0.29, 0.717) is 13.0 Å². The van der Waals surface area contributed by atoms with Crippen LogP contribution in [0, 0.1) is 5.41 Å². The molecule has 0 aromatic carbocycles. The highest BCUT2D eigenvalue weighted by Crippen LogP contribution is 2.44. The molecule has 0 bridgehead atoms. The lowest BCUT2D eigenvalue weighted by molar-refractivity contribution is 0.0685. The van der Waals surface area contributed by atoms with Crippen LogP contribution < -0.4 is 4.72 Å². The van der Waals surface area contributed by atoms with Crippen molar-refractivity contribution in [3.63, 3.8) is 0 Å². The third-order valence-electron chi connectivity index (χ3n) is 3.80. The number of rotatable bonds is 8. The Morgan fingerprint density at radius 1 is 1.48 bits per heavy atom. The number of aliphatic hydroxyl groups is 1. The molecular weight excluding hydrogens is 296 g/mol. The van der Waals surface area contributed by atoms with Crippen LogP contribution in [0.25, 0.3) is 0 Å². The number of aromatic nitrogens is 1. The Morgan fingerprint density at radius 3 is 2.62 bits per heavy atom. The zero-order valence-corrected chi connectivity index (χ0v) is 12.7. The average Bonchev–Trinajstić information content (AvgIpc) is 3.09. The molecule has 3 N–H and O–H groups in total. The molecule has 0 spiro atoms. The summed E-state index contributed by atoms with van der Waals surface area (Å²) in [4.78, 5) is 11.1. The summed E-state index contributed by atoms with van der Waals surface area (Å²) in [6.45, 7) is 2.45. The second-order valence-electron chi connectivity index (χ2n) is 5.54. The molecule has 0 unspecified atom stereocenters. The Morgan fingerprint density at radius 2 is 2.14 bits per heavy atom. The molecule has 1 saturated carbocycles. The number of hydrogen-bond donors (Lipinski definition) is 3. The van der Waals surface area contributed by atoms with Gasteiger partial charge in [0.05, 0.1) is 0 Å². The summed E-state index contributed by atoms with van der Waals surface area (Å²) in [7, 11) is -3.76. The summed E-state index contributed by atoms with van der Waals surface area (Å²) in [5, 5.41) is 18.3. The van der Waals surface area contributed by atoms with Crippen LogP contribution >= 0.6 is 0 Å². The molecule has 0 amide bonds. The number of aryl methyl sites for hydroxylation is 1. The number of nitrogens with zero attached hydrogens (tertiary/aromatic N) is 1. The van der Waals surface area contributed by atoms with E-state index in [4.69, 9.17) is 5.11 Å². The van der Waals surface area contributed by atoms with Crippen LogP contribution in [0.3, 0.4) is 0 Å². The van der Waals surface area contributed by atoms with Crippen LogP contribution in [-0.2, 0) is 16.6 Å². The lowest BCUT2D eigenvalue weighted by Crippen LogP contribution is -2.31. The summed E-state index contributed by atoms with van der Waals surface area (Å²) in [6, 6.07) is 1.17.